The molecule has 9 nitrogen and oxygen atoms in total. The van der Waals surface area contributed by atoms with E-state index in [-0.39, 0.29) is 11.3 Å². The van der Waals surface area contributed by atoms with Crippen molar-refractivity contribution in [1.29, 1.82) is 0 Å². The molecule has 180 valence electrons. The summed E-state index contributed by atoms with van der Waals surface area (Å²) in [4.78, 5) is 25.3. The van der Waals surface area contributed by atoms with Gasteiger partial charge in [-0.3, -0.25) is 9.59 Å². The molecule has 3 aromatic carbocycles. The zero-order chi connectivity index (χ0) is 25.4. The van der Waals surface area contributed by atoms with E-state index >= 15 is 0 Å². The molecule has 0 aliphatic rings. The molecule has 0 bridgehead atoms. The summed E-state index contributed by atoms with van der Waals surface area (Å²) < 4.78 is 8.92. The van der Waals surface area contributed by atoms with Crippen LogP contribution in [0, 0.1) is 0 Å². The number of hydrogen-bond acceptors (Lipinski definition) is 6. The SMILES string of the molecule is Cn1nc(C(=O)N/N=C\c2cn(-c3ccccc3)nc2-c2cc3ccccc3o2)c2ccccc2c1=O. The number of aryl methyl sites for hydroxylation is 1. The lowest BCUT2D eigenvalue weighted by atomic mass is 10.1. The van der Waals surface area contributed by atoms with E-state index in [2.05, 4.69) is 15.6 Å². The third-order valence-corrected chi connectivity index (χ3v) is 5.96. The van der Waals surface area contributed by atoms with Gasteiger partial charge < -0.3 is 4.42 Å². The standard InChI is InChI=1S/C28H20N6O3/c1-33-28(36)22-13-7-6-12-21(22)26(31-33)27(35)30-29-16-19-17-34(20-10-3-2-4-11-20)32-25(19)24-15-18-9-5-8-14-23(18)37-24/h2-17H,1H3,(H,30,35)/b29-16-. The predicted octanol–water partition coefficient (Wildman–Crippen LogP) is 4.30. The van der Waals surface area contributed by atoms with Gasteiger partial charge in [0, 0.05) is 29.6 Å². The second-order valence-corrected chi connectivity index (χ2v) is 8.38. The van der Waals surface area contributed by atoms with Crippen molar-refractivity contribution in [3.63, 3.8) is 0 Å². The zero-order valence-corrected chi connectivity index (χ0v) is 19.7. The van der Waals surface area contributed by atoms with Gasteiger partial charge in [-0.25, -0.2) is 14.8 Å². The Labute approximate surface area is 210 Å². The first-order valence-electron chi connectivity index (χ1n) is 11.5. The quantitative estimate of drug-likeness (QED) is 0.288. The number of amides is 1. The van der Waals surface area contributed by atoms with Crippen LogP contribution in [0.15, 0.2) is 105 Å². The number of nitrogens with one attached hydrogen (secondary N) is 1. The smallest absolute Gasteiger partial charge is 0.292 e. The summed E-state index contributed by atoms with van der Waals surface area (Å²) in [6.45, 7) is 0. The Morgan fingerprint density at radius 1 is 0.946 bits per heavy atom. The number of hydrogen-bond donors (Lipinski definition) is 1. The molecule has 0 saturated heterocycles. The van der Waals surface area contributed by atoms with Gasteiger partial charge >= 0.3 is 0 Å². The highest BCUT2D eigenvalue weighted by atomic mass is 16.3. The van der Waals surface area contributed by atoms with Crippen molar-refractivity contribution in [3.05, 3.63) is 113 Å². The van der Waals surface area contributed by atoms with Crippen LogP contribution in [0.1, 0.15) is 16.1 Å². The molecule has 9 heteroatoms. The zero-order valence-electron chi connectivity index (χ0n) is 19.7. The largest absolute Gasteiger partial charge is 0.454 e. The van der Waals surface area contributed by atoms with E-state index in [1.54, 1.807) is 28.9 Å². The van der Waals surface area contributed by atoms with Gasteiger partial charge in [-0.15, -0.1) is 0 Å². The molecule has 0 fully saturated rings. The van der Waals surface area contributed by atoms with Gasteiger partial charge in [-0.05, 0) is 30.3 Å². The molecule has 0 aliphatic carbocycles. The number of fused-ring (bicyclic) bond motifs is 2. The fraction of sp³-hybridized carbons (Fsp3) is 0.0357. The van der Waals surface area contributed by atoms with Gasteiger partial charge in [0.05, 0.1) is 17.3 Å². The van der Waals surface area contributed by atoms with Crippen molar-refractivity contribution < 1.29 is 9.21 Å². The van der Waals surface area contributed by atoms with E-state index in [9.17, 15) is 9.59 Å². The molecule has 0 unspecified atom stereocenters. The van der Waals surface area contributed by atoms with Gasteiger partial charge in [-0.1, -0.05) is 54.6 Å². The highest BCUT2D eigenvalue weighted by molar-refractivity contribution is 6.05. The van der Waals surface area contributed by atoms with Gasteiger partial charge in [0.1, 0.15) is 11.3 Å². The van der Waals surface area contributed by atoms with Crippen LogP contribution >= 0.6 is 0 Å². The lowest BCUT2D eigenvalue weighted by Crippen LogP contribution is -2.27. The highest BCUT2D eigenvalue weighted by Gasteiger charge is 2.17. The maximum absolute atomic E-state index is 13.0. The Morgan fingerprint density at radius 3 is 2.49 bits per heavy atom. The molecule has 37 heavy (non-hydrogen) atoms. The van der Waals surface area contributed by atoms with Crippen LogP contribution in [0.3, 0.4) is 0 Å². The van der Waals surface area contributed by atoms with E-state index < -0.39 is 5.91 Å². The van der Waals surface area contributed by atoms with Crippen LogP contribution < -0.4 is 11.0 Å². The molecule has 6 aromatic rings. The van der Waals surface area contributed by atoms with Crippen LogP contribution in [0.2, 0.25) is 0 Å². The predicted molar refractivity (Wildman–Crippen MR) is 141 cm³/mol. The lowest BCUT2D eigenvalue weighted by molar-refractivity contribution is 0.0950. The van der Waals surface area contributed by atoms with Crippen molar-refractivity contribution in [2.24, 2.45) is 12.1 Å². The Bertz CT molecular complexity index is 1830. The molecule has 0 saturated carbocycles. The van der Waals surface area contributed by atoms with E-state index in [0.717, 1.165) is 21.3 Å². The third kappa shape index (κ3) is 4.08. The van der Waals surface area contributed by atoms with E-state index in [1.165, 1.54) is 13.3 Å². The summed E-state index contributed by atoms with van der Waals surface area (Å²) in [5, 5.41) is 14.9. The average Bonchev–Trinajstić information content (AvgIpc) is 3.55. The van der Waals surface area contributed by atoms with Crippen LogP contribution in [-0.4, -0.2) is 31.7 Å². The molecule has 0 aliphatic heterocycles. The first kappa shape index (κ1) is 22.2. The fourth-order valence-electron chi connectivity index (χ4n) is 4.17. The summed E-state index contributed by atoms with van der Waals surface area (Å²) in [6.07, 6.45) is 3.32. The molecule has 0 atom stereocenters. The summed E-state index contributed by atoms with van der Waals surface area (Å²) in [7, 11) is 1.51. The summed E-state index contributed by atoms with van der Waals surface area (Å²) in [6, 6.07) is 26.1. The van der Waals surface area contributed by atoms with Gasteiger partial charge in [0.25, 0.3) is 11.5 Å². The molecule has 6 rings (SSSR count). The maximum Gasteiger partial charge on any atom is 0.292 e. The lowest BCUT2D eigenvalue weighted by Gasteiger charge is -2.06. The average molecular weight is 489 g/mol. The van der Waals surface area contributed by atoms with Gasteiger partial charge in [-0.2, -0.15) is 15.3 Å². The van der Waals surface area contributed by atoms with Crippen LogP contribution in [0.5, 0.6) is 0 Å². The monoisotopic (exact) mass is 488 g/mol. The number of aromatic nitrogens is 4. The maximum atomic E-state index is 13.0. The topological polar surface area (TPSA) is 107 Å². The van der Waals surface area contributed by atoms with Crippen LogP contribution in [-0.2, 0) is 7.05 Å². The van der Waals surface area contributed by atoms with Gasteiger partial charge in [0.15, 0.2) is 11.5 Å². The molecule has 3 aromatic heterocycles. The fourth-order valence-corrected chi connectivity index (χ4v) is 4.17. The van der Waals surface area contributed by atoms with Crippen LogP contribution in [0.25, 0.3) is 38.9 Å². The van der Waals surface area contributed by atoms with E-state index in [0.29, 0.717) is 27.8 Å². The summed E-state index contributed by atoms with van der Waals surface area (Å²) in [5.41, 5.74) is 5.18. The molecule has 1 N–H and O–H groups in total. The first-order valence-corrected chi connectivity index (χ1v) is 11.5. The molecule has 3 heterocycles. The molecule has 1 amide bonds. The number of benzene rings is 3. The minimum absolute atomic E-state index is 0.104. The van der Waals surface area contributed by atoms with Gasteiger partial charge in [0.2, 0.25) is 0 Å². The molecular formula is C28H20N6O3. The minimum atomic E-state index is -0.538. The van der Waals surface area contributed by atoms with Crippen LogP contribution in [0.4, 0.5) is 0 Å². The van der Waals surface area contributed by atoms with Crippen molar-refractivity contribution in [2.75, 3.05) is 0 Å². The Morgan fingerprint density at radius 2 is 1.68 bits per heavy atom. The number of furan rings is 1. The Balaban J connectivity index is 1.36. The number of hydrazone groups is 1. The number of nitrogens with zero attached hydrogens (tertiary/aromatic N) is 5. The number of carbonyl (C=O) groups is 1. The Kier molecular flexibility index (Phi) is 5.42. The third-order valence-electron chi connectivity index (χ3n) is 5.96. The Hall–Kier alpha value is -5.31. The first-order chi connectivity index (χ1) is 18.1. The second-order valence-electron chi connectivity index (χ2n) is 8.38. The minimum Gasteiger partial charge on any atom is -0.454 e. The summed E-state index contributed by atoms with van der Waals surface area (Å²) in [5.74, 6) is 0.0400. The summed E-state index contributed by atoms with van der Waals surface area (Å²) >= 11 is 0. The van der Waals surface area contributed by atoms with Crippen molar-refractivity contribution in [2.45, 2.75) is 0 Å². The van der Waals surface area contributed by atoms with Crippen molar-refractivity contribution in [1.82, 2.24) is 25.0 Å². The van der Waals surface area contributed by atoms with E-state index in [1.807, 2.05) is 66.9 Å². The van der Waals surface area contributed by atoms with Crippen molar-refractivity contribution >= 4 is 33.9 Å². The van der Waals surface area contributed by atoms with Crippen molar-refractivity contribution in [3.8, 4) is 17.1 Å². The number of rotatable bonds is 5. The molecule has 0 radical (unpaired) electrons. The molecule has 0 spiro atoms. The normalized spacial score (nSPS) is 11.5. The number of carbonyl (C=O) groups excluding carboxylic acids is 1. The number of para-hydroxylation sites is 2. The molecular weight excluding hydrogens is 468 g/mol. The van der Waals surface area contributed by atoms with E-state index in [4.69, 9.17) is 9.52 Å². The second kappa shape index (κ2) is 9.04. The highest BCUT2D eigenvalue weighted by Crippen LogP contribution is 2.29.